The van der Waals surface area contributed by atoms with Gasteiger partial charge in [-0.05, 0) is 48.2 Å². The molecule has 0 radical (unpaired) electrons. The molecule has 9 heteroatoms. The largest absolute Gasteiger partial charge is 0.861 e. The Labute approximate surface area is 189 Å². The molecule has 1 aliphatic rings. The lowest BCUT2D eigenvalue weighted by Gasteiger charge is -2.18. The van der Waals surface area contributed by atoms with E-state index >= 15 is 0 Å². The fourth-order valence-corrected chi connectivity index (χ4v) is 3.73. The Hall–Kier alpha value is -3.72. The highest BCUT2D eigenvalue weighted by Crippen LogP contribution is 2.29. The molecule has 2 heterocycles. The van der Waals surface area contributed by atoms with Gasteiger partial charge in [-0.15, -0.1) is 0 Å². The van der Waals surface area contributed by atoms with E-state index in [-0.39, 0.29) is 23.6 Å². The van der Waals surface area contributed by atoms with Crippen LogP contribution in [0.2, 0.25) is 0 Å². The number of rotatable bonds is 6. The molecule has 1 aromatic heterocycles. The van der Waals surface area contributed by atoms with E-state index < -0.39 is 5.90 Å². The fourth-order valence-electron chi connectivity index (χ4n) is 2.93. The Morgan fingerprint density at radius 2 is 1.88 bits per heavy atom. The minimum Gasteiger partial charge on any atom is -0.861 e. The van der Waals surface area contributed by atoms with Gasteiger partial charge >= 0.3 is 5.88 Å². The predicted molar refractivity (Wildman–Crippen MR) is 122 cm³/mol. The van der Waals surface area contributed by atoms with Crippen LogP contribution < -0.4 is 14.7 Å². The van der Waals surface area contributed by atoms with Gasteiger partial charge in [-0.3, -0.25) is 14.2 Å². The van der Waals surface area contributed by atoms with Crippen LogP contribution in [0.3, 0.4) is 0 Å². The predicted octanol–water partition coefficient (Wildman–Crippen LogP) is 3.11. The van der Waals surface area contributed by atoms with Crippen LogP contribution in [-0.2, 0) is 4.79 Å². The molecular weight excluding hydrogens is 426 g/mol. The van der Waals surface area contributed by atoms with E-state index in [0.29, 0.717) is 16.6 Å². The summed E-state index contributed by atoms with van der Waals surface area (Å²) in [6.07, 6.45) is 3.30. The van der Waals surface area contributed by atoms with E-state index in [1.807, 2.05) is 74.5 Å². The molecule has 8 nitrogen and oxygen atoms in total. The Kier molecular flexibility index (Phi) is 6.46. The Balaban J connectivity index is 1.57. The first kappa shape index (κ1) is 21.5. The molecule has 1 aliphatic heterocycles. The van der Waals surface area contributed by atoms with Crippen molar-refractivity contribution in [2.24, 2.45) is 9.98 Å². The summed E-state index contributed by atoms with van der Waals surface area (Å²) in [5.41, 5.74) is 1.85. The smallest absolute Gasteiger partial charge is 0.320 e. The molecule has 0 bridgehead atoms. The monoisotopic (exact) mass is 447 g/mol. The summed E-state index contributed by atoms with van der Waals surface area (Å²) >= 11 is 1.15. The number of hydrogen-bond acceptors (Lipinski definition) is 7. The number of carbonyl (C=O) groups excluding carboxylic acids is 1. The highest BCUT2D eigenvalue weighted by atomic mass is 32.2. The third kappa shape index (κ3) is 4.94. The number of nitrogens with zero attached hydrogens (tertiary/aromatic N) is 5. The molecule has 0 atom stereocenters. The standard InChI is InChI=1S/C23H21N5O3S/c1-16(2)27-14-21(31-26-27)25-20(29)15-32-23-24-19(13-17-9-5-3-6-10-17)22(30)28(23)18-11-7-4-8-12-18/h3-14,16H,15H2,1-2H3/b19-13+. The van der Waals surface area contributed by atoms with Gasteiger partial charge in [0.2, 0.25) is 5.27 Å². The molecule has 0 saturated carbocycles. The lowest BCUT2D eigenvalue weighted by Crippen LogP contribution is -2.36. The number of benzene rings is 2. The van der Waals surface area contributed by atoms with E-state index in [4.69, 9.17) is 4.52 Å². The van der Waals surface area contributed by atoms with Crippen LogP contribution in [0.15, 0.2) is 87.1 Å². The van der Waals surface area contributed by atoms with Crippen molar-refractivity contribution >= 4 is 46.4 Å². The van der Waals surface area contributed by atoms with Crippen LogP contribution >= 0.6 is 11.8 Å². The molecule has 162 valence electrons. The van der Waals surface area contributed by atoms with Crippen molar-refractivity contribution in [3.8, 4) is 0 Å². The summed E-state index contributed by atoms with van der Waals surface area (Å²) in [6, 6.07) is 18.8. The van der Waals surface area contributed by atoms with Crippen molar-refractivity contribution in [1.82, 2.24) is 5.27 Å². The minimum absolute atomic E-state index is 0.00353. The van der Waals surface area contributed by atoms with E-state index in [1.165, 1.54) is 4.90 Å². The summed E-state index contributed by atoms with van der Waals surface area (Å²) < 4.78 is 6.65. The normalized spacial score (nSPS) is 15.7. The maximum absolute atomic E-state index is 13.1. The van der Waals surface area contributed by atoms with Crippen LogP contribution in [0.4, 0.5) is 11.6 Å². The highest BCUT2D eigenvalue weighted by Gasteiger charge is 2.31. The number of aliphatic imine (C=N–C) groups is 2. The van der Waals surface area contributed by atoms with Crippen molar-refractivity contribution in [1.29, 1.82) is 0 Å². The average molecular weight is 448 g/mol. The average Bonchev–Trinajstić information content (AvgIpc) is 3.38. The number of amides is 1. The summed E-state index contributed by atoms with van der Waals surface area (Å²) in [7, 11) is 0. The van der Waals surface area contributed by atoms with Gasteiger partial charge < -0.3 is 5.11 Å². The number of anilines is 1. The zero-order valence-corrected chi connectivity index (χ0v) is 18.4. The van der Waals surface area contributed by atoms with Gasteiger partial charge in [0.15, 0.2) is 11.2 Å². The summed E-state index contributed by atoms with van der Waals surface area (Å²) in [5.74, 6) is -0.527. The third-order valence-electron chi connectivity index (χ3n) is 4.51. The number of para-hydroxylation sites is 1. The molecule has 3 aromatic rings. The number of thioether (sulfide) groups is 1. The van der Waals surface area contributed by atoms with Gasteiger partial charge in [-0.25, -0.2) is 9.98 Å². The Morgan fingerprint density at radius 3 is 2.53 bits per heavy atom. The zero-order valence-electron chi connectivity index (χ0n) is 17.6. The van der Waals surface area contributed by atoms with Crippen molar-refractivity contribution in [3.63, 3.8) is 0 Å². The molecular formula is C23H21N5O3S. The van der Waals surface area contributed by atoms with Crippen molar-refractivity contribution in [2.45, 2.75) is 19.9 Å². The van der Waals surface area contributed by atoms with E-state index in [0.717, 1.165) is 17.3 Å². The topological polar surface area (TPSA) is 98.0 Å². The minimum atomic E-state index is -0.411. The second kappa shape index (κ2) is 9.61. The summed E-state index contributed by atoms with van der Waals surface area (Å²) in [6.45, 7) is 3.88. The van der Waals surface area contributed by atoms with Crippen molar-refractivity contribution in [2.75, 3.05) is 10.7 Å². The van der Waals surface area contributed by atoms with Gasteiger partial charge in [-0.1, -0.05) is 60.3 Å². The van der Waals surface area contributed by atoms with E-state index in [9.17, 15) is 9.90 Å². The van der Waals surface area contributed by atoms with Gasteiger partial charge in [0.1, 0.15) is 5.70 Å². The Morgan fingerprint density at radius 1 is 1.19 bits per heavy atom. The molecule has 4 rings (SSSR count). The maximum atomic E-state index is 13.1. The highest BCUT2D eigenvalue weighted by molar-refractivity contribution is 8.14. The van der Waals surface area contributed by atoms with Crippen molar-refractivity contribution in [3.05, 3.63) is 78.1 Å². The number of aromatic nitrogens is 2. The third-order valence-corrected chi connectivity index (χ3v) is 5.43. The maximum Gasteiger partial charge on any atom is 0.320 e. The number of hydrogen-bond donors (Lipinski definition) is 0. The van der Waals surface area contributed by atoms with E-state index in [1.54, 1.807) is 17.0 Å². The zero-order chi connectivity index (χ0) is 22.5. The molecule has 32 heavy (non-hydrogen) atoms. The van der Waals surface area contributed by atoms with Gasteiger partial charge in [0.05, 0.1) is 5.69 Å². The lowest BCUT2D eigenvalue weighted by molar-refractivity contribution is -0.779. The van der Waals surface area contributed by atoms with Gasteiger partial charge in [0, 0.05) is 5.75 Å². The van der Waals surface area contributed by atoms with Gasteiger partial charge in [0.25, 0.3) is 12.1 Å². The SMILES string of the molecule is CC(C)[n+]1cc(/N=C(/[O-])CSC2=N/C(=C/c3ccccc3)C(=O)N2c2ccccc2)on1. The molecule has 2 aromatic carbocycles. The van der Waals surface area contributed by atoms with Crippen LogP contribution in [-0.4, -0.2) is 28.0 Å². The van der Waals surface area contributed by atoms with Crippen LogP contribution in [0.5, 0.6) is 0 Å². The summed E-state index contributed by atoms with van der Waals surface area (Å²) in [4.78, 5) is 23.1. The molecule has 0 unspecified atom stereocenters. The fraction of sp³-hybridized carbons (Fsp3) is 0.174. The molecule has 0 N–H and O–H groups in total. The van der Waals surface area contributed by atoms with Crippen LogP contribution in [0, 0.1) is 0 Å². The number of amidine groups is 1. The molecule has 1 amide bonds. The van der Waals surface area contributed by atoms with E-state index in [2.05, 4.69) is 15.3 Å². The van der Waals surface area contributed by atoms with Crippen molar-refractivity contribution < 1.29 is 19.1 Å². The second-order valence-corrected chi connectivity index (χ2v) is 8.16. The first-order valence-electron chi connectivity index (χ1n) is 10.0. The second-order valence-electron chi connectivity index (χ2n) is 7.22. The molecule has 0 saturated heterocycles. The quantitative estimate of drug-likeness (QED) is 0.250. The Bertz CT molecular complexity index is 1190. The first-order valence-corrected chi connectivity index (χ1v) is 11.0. The number of carbonyl (C=O) groups is 1. The molecule has 0 fully saturated rings. The molecule has 0 spiro atoms. The summed E-state index contributed by atoms with van der Waals surface area (Å²) in [5, 5.41) is 16.6. The first-order chi connectivity index (χ1) is 15.5. The van der Waals surface area contributed by atoms with Crippen LogP contribution in [0.25, 0.3) is 6.08 Å². The lowest BCUT2D eigenvalue weighted by atomic mass is 10.2. The van der Waals surface area contributed by atoms with Crippen LogP contribution in [0.1, 0.15) is 25.5 Å². The van der Waals surface area contributed by atoms with Gasteiger partial charge in [-0.2, -0.15) is 0 Å². The molecule has 0 aliphatic carbocycles.